The molecule has 0 atom stereocenters. The van der Waals surface area contributed by atoms with Crippen LogP contribution in [0.2, 0.25) is 0 Å². The van der Waals surface area contributed by atoms with Gasteiger partial charge in [0.05, 0.1) is 13.0 Å². The second-order valence-corrected chi connectivity index (χ2v) is 4.90. The third kappa shape index (κ3) is 6.37. The zero-order valence-electron chi connectivity index (χ0n) is 12.0. The van der Waals surface area contributed by atoms with Gasteiger partial charge in [-0.1, -0.05) is 0 Å². The van der Waals surface area contributed by atoms with Crippen molar-refractivity contribution in [3.8, 4) is 5.75 Å². The third-order valence-electron chi connectivity index (χ3n) is 2.76. The Bertz CT molecular complexity index is 458. The molecule has 0 aliphatic carbocycles. The topological polar surface area (TPSA) is 55.6 Å². The van der Waals surface area contributed by atoms with E-state index in [-0.39, 0.29) is 13.0 Å². The molecule has 0 fully saturated rings. The van der Waals surface area contributed by atoms with Gasteiger partial charge in [-0.15, -0.1) is 0 Å². The van der Waals surface area contributed by atoms with Crippen molar-refractivity contribution in [3.05, 3.63) is 24.3 Å². The van der Waals surface area contributed by atoms with Crippen molar-refractivity contribution < 1.29 is 22.7 Å². The molecule has 0 aliphatic heterocycles. The lowest BCUT2D eigenvalue weighted by atomic mass is 10.2. The molecule has 1 rings (SSSR count). The maximum absolute atomic E-state index is 12.4. The fourth-order valence-electron chi connectivity index (χ4n) is 1.72. The largest absolute Gasteiger partial charge is 0.493 e. The van der Waals surface area contributed by atoms with Gasteiger partial charge in [0.1, 0.15) is 12.3 Å². The van der Waals surface area contributed by atoms with E-state index in [0.717, 1.165) is 4.90 Å². The van der Waals surface area contributed by atoms with Gasteiger partial charge in [-0.05, 0) is 38.1 Å². The number of anilines is 1. The first-order chi connectivity index (χ1) is 9.69. The number of nitrogens with zero attached hydrogens (tertiary/aromatic N) is 1. The Morgan fingerprint density at radius 1 is 1.29 bits per heavy atom. The van der Waals surface area contributed by atoms with Gasteiger partial charge in [0.15, 0.2) is 0 Å². The van der Waals surface area contributed by atoms with Crippen molar-refractivity contribution in [2.45, 2.75) is 32.5 Å². The van der Waals surface area contributed by atoms with Gasteiger partial charge in [-0.25, -0.2) is 0 Å². The van der Waals surface area contributed by atoms with Crippen LogP contribution in [-0.2, 0) is 4.79 Å². The minimum Gasteiger partial charge on any atom is -0.493 e. The maximum Gasteiger partial charge on any atom is 0.406 e. The maximum atomic E-state index is 12.4. The predicted molar refractivity (Wildman–Crippen MR) is 73.9 cm³/mol. The molecule has 0 saturated heterocycles. The number of hydrogen-bond donors (Lipinski definition) is 1. The summed E-state index contributed by atoms with van der Waals surface area (Å²) in [6.45, 7) is 1.87. The van der Waals surface area contributed by atoms with Crippen LogP contribution >= 0.6 is 0 Å². The summed E-state index contributed by atoms with van der Waals surface area (Å²) in [7, 11) is 0. The monoisotopic (exact) mass is 304 g/mol. The molecule has 0 saturated carbocycles. The summed E-state index contributed by atoms with van der Waals surface area (Å²) in [5.74, 6) is -0.0679. The summed E-state index contributed by atoms with van der Waals surface area (Å²) >= 11 is 0. The average Bonchev–Trinajstić information content (AvgIpc) is 2.37. The van der Waals surface area contributed by atoms with Crippen LogP contribution in [0.3, 0.4) is 0 Å². The molecule has 2 N–H and O–H groups in total. The molecule has 0 heterocycles. The van der Waals surface area contributed by atoms with Gasteiger partial charge in [0.25, 0.3) is 0 Å². The van der Waals surface area contributed by atoms with Gasteiger partial charge in [0, 0.05) is 11.7 Å². The van der Waals surface area contributed by atoms with E-state index in [4.69, 9.17) is 10.5 Å². The number of amides is 1. The number of carbonyl (C=O) groups excluding carboxylic acids is 1. The first kappa shape index (κ1) is 17.1. The molecule has 4 nitrogen and oxygen atoms in total. The number of rotatable bonds is 6. The van der Waals surface area contributed by atoms with Crippen LogP contribution in [0.5, 0.6) is 5.75 Å². The van der Waals surface area contributed by atoms with E-state index in [1.807, 2.05) is 0 Å². The van der Waals surface area contributed by atoms with E-state index in [1.54, 1.807) is 38.1 Å². The van der Waals surface area contributed by atoms with Crippen LogP contribution in [0.4, 0.5) is 18.9 Å². The molecule has 1 aromatic rings. The summed E-state index contributed by atoms with van der Waals surface area (Å²) in [4.78, 5) is 12.6. The molecule has 0 unspecified atom stereocenters. The van der Waals surface area contributed by atoms with Crippen LogP contribution < -0.4 is 10.5 Å². The van der Waals surface area contributed by atoms with Crippen LogP contribution in [-0.4, -0.2) is 36.2 Å². The van der Waals surface area contributed by atoms with Crippen molar-refractivity contribution in [1.29, 1.82) is 0 Å². The molecule has 21 heavy (non-hydrogen) atoms. The zero-order chi connectivity index (χ0) is 16.0. The van der Waals surface area contributed by atoms with Crippen LogP contribution in [0.15, 0.2) is 24.3 Å². The van der Waals surface area contributed by atoms with Gasteiger partial charge in [-0.2, -0.15) is 13.2 Å². The lowest BCUT2D eigenvalue weighted by molar-refractivity contribution is -0.164. The number of nitrogen functional groups attached to an aromatic ring is 1. The van der Waals surface area contributed by atoms with Crippen LogP contribution in [0.1, 0.15) is 20.3 Å². The first-order valence-electron chi connectivity index (χ1n) is 6.53. The standard InChI is InChI=1S/C14H19F3N2O2/c1-10(2)19(9-14(15,16)17)13(20)7-8-21-12-5-3-11(18)4-6-12/h3-6,10H,7-9,18H2,1-2H3. The van der Waals surface area contributed by atoms with Crippen molar-refractivity contribution >= 4 is 11.6 Å². The molecule has 0 spiro atoms. The zero-order valence-corrected chi connectivity index (χ0v) is 12.0. The molecular weight excluding hydrogens is 285 g/mol. The SMILES string of the molecule is CC(C)N(CC(F)(F)F)C(=O)CCOc1ccc(N)cc1. The van der Waals surface area contributed by atoms with Crippen molar-refractivity contribution in [2.75, 3.05) is 18.9 Å². The average molecular weight is 304 g/mol. The van der Waals surface area contributed by atoms with Crippen LogP contribution in [0, 0.1) is 0 Å². The molecule has 118 valence electrons. The summed E-state index contributed by atoms with van der Waals surface area (Å²) < 4.78 is 42.6. The van der Waals surface area contributed by atoms with Crippen molar-refractivity contribution in [2.24, 2.45) is 0 Å². The Balaban J connectivity index is 2.48. The highest BCUT2D eigenvalue weighted by molar-refractivity contribution is 5.76. The van der Waals surface area contributed by atoms with Crippen molar-refractivity contribution in [3.63, 3.8) is 0 Å². The second kappa shape index (κ2) is 7.19. The summed E-state index contributed by atoms with van der Waals surface area (Å²) in [5, 5.41) is 0. The van der Waals surface area contributed by atoms with Gasteiger partial charge >= 0.3 is 6.18 Å². The lowest BCUT2D eigenvalue weighted by Crippen LogP contribution is -2.43. The third-order valence-corrected chi connectivity index (χ3v) is 2.76. The minimum absolute atomic E-state index is 0.0177. The molecular formula is C14H19F3N2O2. The van der Waals surface area contributed by atoms with Crippen LogP contribution in [0.25, 0.3) is 0 Å². The smallest absolute Gasteiger partial charge is 0.406 e. The summed E-state index contributed by atoms with van der Waals surface area (Å²) in [6.07, 6.45) is -4.52. The molecule has 0 aromatic heterocycles. The van der Waals surface area contributed by atoms with Gasteiger partial charge < -0.3 is 15.4 Å². The van der Waals surface area contributed by atoms with E-state index >= 15 is 0 Å². The van der Waals surface area contributed by atoms with Gasteiger partial charge in [0.2, 0.25) is 5.91 Å². The Kier molecular flexibility index (Phi) is 5.87. The number of ether oxygens (including phenoxy) is 1. The molecule has 1 amide bonds. The number of halogens is 3. The van der Waals surface area contributed by atoms with E-state index in [0.29, 0.717) is 11.4 Å². The fourth-order valence-corrected chi connectivity index (χ4v) is 1.72. The van der Waals surface area contributed by atoms with Crippen molar-refractivity contribution in [1.82, 2.24) is 4.90 Å². The molecule has 7 heteroatoms. The lowest BCUT2D eigenvalue weighted by Gasteiger charge is -2.27. The molecule has 1 aromatic carbocycles. The Labute approximate surface area is 121 Å². The number of benzene rings is 1. The number of alkyl halides is 3. The summed E-state index contributed by atoms with van der Waals surface area (Å²) in [6, 6.07) is 6.03. The number of carbonyl (C=O) groups is 1. The Morgan fingerprint density at radius 2 is 1.86 bits per heavy atom. The Hall–Kier alpha value is -1.92. The first-order valence-corrected chi connectivity index (χ1v) is 6.53. The highest BCUT2D eigenvalue weighted by Gasteiger charge is 2.33. The van der Waals surface area contributed by atoms with E-state index in [9.17, 15) is 18.0 Å². The molecule has 0 bridgehead atoms. The molecule has 0 aliphatic rings. The fraction of sp³-hybridized carbons (Fsp3) is 0.500. The number of hydrogen-bond acceptors (Lipinski definition) is 3. The van der Waals surface area contributed by atoms with E-state index < -0.39 is 24.7 Å². The van der Waals surface area contributed by atoms with E-state index in [2.05, 4.69) is 0 Å². The van der Waals surface area contributed by atoms with Gasteiger partial charge in [-0.3, -0.25) is 4.79 Å². The molecule has 0 radical (unpaired) electrons. The number of nitrogens with two attached hydrogens (primary N) is 1. The summed E-state index contributed by atoms with van der Waals surface area (Å²) in [5.41, 5.74) is 6.09. The second-order valence-electron chi connectivity index (χ2n) is 4.90. The highest BCUT2D eigenvalue weighted by atomic mass is 19.4. The quantitative estimate of drug-likeness (QED) is 0.822. The normalized spacial score (nSPS) is 11.5. The minimum atomic E-state index is -4.41. The predicted octanol–water partition coefficient (Wildman–Crippen LogP) is 2.84. The van der Waals surface area contributed by atoms with E-state index in [1.165, 1.54) is 0 Å². The highest BCUT2D eigenvalue weighted by Crippen LogP contribution is 2.19. The Morgan fingerprint density at radius 3 is 2.33 bits per heavy atom.